The third-order valence-corrected chi connectivity index (χ3v) is 9.25. The van der Waals surface area contributed by atoms with E-state index in [9.17, 15) is 24.2 Å². The molecule has 1 N–H and O–H groups in total. The number of carbonyl (C=O) groups excluding carboxylic acids is 2. The second kappa shape index (κ2) is 35.8. The molecular weight excluding hydrogens is 717 g/mol. The molecule has 316 valence electrons. The van der Waals surface area contributed by atoms with Crippen molar-refractivity contribution in [3.05, 3.63) is 72.9 Å². The summed E-state index contributed by atoms with van der Waals surface area (Å²) in [6, 6.07) is 0. The summed E-state index contributed by atoms with van der Waals surface area (Å²) in [5, 5.41) is 10.2. The Hall–Kier alpha value is -2.59. The van der Waals surface area contributed by atoms with Crippen LogP contribution in [0.25, 0.3) is 0 Å². The van der Waals surface area contributed by atoms with Gasteiger partial charge < -0.3 is 33.0 Å². The molecule has 3 atom stereocenters. The van der Waals surface area contributed by atoms with E-state index in [1.165, 1.54) is 25.7 Å². The Morgan fingerprint density at radius 3 is 1.98 bits per heavy atom. The number of esters is 2. The number of nitrogens with zero attached hydrogens (tertiary/aromatic N) is 1. The number of phosphoric ester groups is 1. The van der Waals surface area contributed by atoms with Gasteiger partial charge in [-0.1, -0.05) is 125 Å². The summed E-state index contributed by atoms with van der Waals surface area (Å²) in [6.45, 7) is 3.88. The molecule has 0 aromatic rings. The van der Waals surface area contributed by atoms with Gasteiger partial charge in [-0.3, -0.25) is 14.2 Å². The van der Waals surface area contributed by atoms with Crippen LogP contribution in [0.2, 0.25) is 0 Å². The molecule has 55 heavy (non-hydrogen) atoms. The average Bonchev–Trinajstić information content (AvgIpc) is 3.13. The van der Waals surface area contributed by atoms with Crippen LogP contribution in [-0.4, -0.2) is 81.2 Å². The molecule has 0 bridgehead atoms. The first-order chi connectivity index (χ1) is 26.4. The van der Waals surface area contributed by atoms with Crippen molar-refractivity contribution in [2.24, 2.45) is 0 Å². The number of carbonyl (C=O) groups is 2. The maximum Gasteiger partial charge on any atom is 0.306 e. The van der Waals surface area contributed by atoms with Crippen molar-refractivity contribution in [1.29, 1.82) is 0 Å². The first-order valence-corrected chi connectivity index (χ1v) is 22.2. The number of aliphatic hydroxyl groups is 1. The SMILES string of the molecule is CC/C=C\C/C=C\C/C=C\C=C\C(O)C/C=C\CCCC(=O)OC(COC(=O)CCCCCCC/C=C\CCCCCC)COP(=O)([O-])OCC[N+](C)(C)C. The highest BCUT2D eigenvalue weighted by Crippen LogP contribution is 2.38. The van der Waals surface area contributed by atoms with Gasteiger partial charge in [0.2, 0.25) is 0 Å². The number of likely N-dealkylation sites (N-methyl/N-ethyl adjacent to an activating group) is 1. The number of aliphatic hydroxyl groups excluding tert-OH is 1. The summed E-state index contributed by atoms with van der Waals surface area (Å²) >= 11 is 0. The fourth-order valence-electron chi connectivity index (χ4n) is 5.00. The lowest BCUT2D eigenvalue weighted by atomic mass is 10.1. The molecule has 11 heteroatoms. The van der Waals surface area contributed by atoms with Crippen LogP contribution in [0.3, 0.4) is 0 Å². The highest BCUT2D eigenvalue weighted by atomic mass is 31.2. The van der Waals surface area contributed by atoms with Gasteiger partial charge in [0.25, 0.3) is 7.82 Å². The summed E-state index contributed by atoms with van der Waals surface area (Å²) in [5.41, 5.74) is 0. The molecule has 0 aliphatic carbocycles. The van der Waals surface area contributed by atoms with Crippen molar-refractivity contribution in [3.8, 4) is 0 Å². The minimum absolute atomic E-state index is 0.0626. The lowest BCUT2D eigenvalue weighted by Gasteiger charge is -2.28. The number of hydrogen-bond acceptors (Lipinski definition) is 9. The van der Waals surface area contributed by atoms with Gasteiger partial charge in [-0.25, -0.2) is 0 Å². The number of rotatable bonds is 36. The third kappa shape index (κ3) is 39.4. The van der Waals surface area contributed by atoms with E-state index in [0.29, 0.717) is 36.7 Å². The number of quaternary nitrogens is 1. The molecule has 0 saturated carbocycles. The second-order valence-corrected chi connectivity index (χ2v) is 16.2. The van der Waals surface area contributed by atoms with E-state index in [4.69, 9.17) is 18.5 Å². The van der Waals surface area contributed by atoms with Crippen molar-refractivity contribution >= 4 is 19.8 Å². The molecule has 0 radical (unpaired) electrons. The number of phosphoric acid groups is 1. The highest BCUT2D eigenvalue weighted by molar-refractivity contribution is 7.45. The highest BCUT2D eigenvalue weighted by Gasteiger charge is 2.21. The Balaban J connectivity index is 4.62. The van der Waals surface area contributed by atoms with E-state index >= 15 is 0 Å². The normalized spacial score (nSPS) is 15.0. The molecule has 0 saturated heterocycles. The predicted molar refractivity (Wildman–Crippen MR) is 223 cm³/mol. The number of unbranched alkanes of at least 4 members (excludes halogenated alkanes) is 10. The van der Waals surface area contributed by atoms with Crippen LogP contribution < -0.4 is 4.89 Å². The van der Waals surface area contributed by atoms with Crippen LogP contribution in [0, 0.1) is 0 Å². The van der Waals surface area contributed by atoms with Gasteiger partial charge in [0.15, 0.2) is 6.10 Å². The Morgan fingerprint density at radius 2 is 1.29 bits per heavy atom. The molecule has 0 fully saturated rings. The zero-order chi connectivity index (χ0) is 40.9. The quantitative estimate of drug-likeness (QED) is 0.0165. The van der Waals surface area contributed by atoms with E-state index in [-0.39, 0.29) is 26.1 Å². The summed E-state index contributed by atoms with van der Waals surface area (Å²) < 4.78 is 33.7. The van der Waals surface area contributed by atoms with Crippen LogP contribution in [0.5, 0.6) is 0 Å². The van der Waals surface area contributed by atoms with Crippen molar-refractivity contribution in [1.82, 2.24) is 0 Å². The van der Waals surface area contributed by atoms with Crippen molar-refractivity contribution in [3.63, 3.8) is 0 Å². The topological polar surface area (TPSA) is 131 Å². The maximum absolute atomic E-state index is 12.6. The molecular formula is C44H76NO9P. The molecule has 0 aromatic heterocycles. The van der Waals surface area contributed by atoms with E-state index < -0.39 is 38.6 Å². The minimum Gasteiger partial charge on any atom is -0.756 e. The van der Waals surface area contributed by atoms with Crippen LogP contribution >= 0.6 is 7.82 Å². The van der Waals surface area contributed by atoms with Crippen molar-refractivity contribution in [2.45, 2.75) is 148 Å². The lowest BCUT2D eigenvalue weighted by molar-refractivity contribution is -0.870. The lowest BCUT2D eigenvalue weighted by Crippen LogP contribution is -2.37. The van der Waals surface area contributed by atoms with Gasteiger partial charge in [0.1, 0.15) is 19.8 Å². The Morgan fingerprint density at radius 1 is 0.691 bits per heavy atom. The van der Waals surface area contributed by atoms with E-state index in [2.05, 4.69) is 50.3 Å². The summed E-state index contributed by atoms with van der Waals surface area (Å²) in [5.74, 6) is -0.990. The molecule has 10 nitrogen and oxygen atoms in total. The molecule has 0 aromatic carbocycles. The van der Waals surface area contributed by atoms with Gasteiger partial charge in [-0.05, 0) is 70.6 Å². The molecule has 0 amide bonds. The summed E-state index contributed by atoms with van der Waals surface area (Å²) in [6.07, 6.45) is 39.6. The monoisotopic (exact) mass is 794 g/mol. The smallest absolute Gasteiger partial charge is 0.306 e. The molecule has 0 spiro atoms. The van der Waals surface area contributed by atoms with Gasteiger partial charge >= 0.3 is 11.9 Å². The standard InChI is InChI=1S/C44H76NO9P/c1-6-8-10-12-14-16-18-19-20-22-24-26-31-35-43(47)51-39-42(40-53-55(49,50)52-38-37-45(3,4)5)54-44(48)36-32-28-27-30-34-41(46)33-29-25-23-21-17-15-13-11-9-7-2/h9,11,15-18,23,25,27,29-30,33,41-42,46H,6-8,10,12-14,19-22,24,26,28,31-32,34-40H2,1-5H3/b11-9-,17-15-,18-16-,25-23-,30-27-,33-29+. The fraction of sp³-hybridized carbons (Fsp3) is 0.682. The van der Waals surface area contributed by atoms with Crippen LogP contribution in [0.4, 0.5) is 0 Å². The van der Waals surface area contributed by atoms with Crippen LogP contribution in [0.15, 0.2) is 72.9 Å². The van der Waals surface area contributed by atoms with Gasteiger partial charge in [0, 0.05) is 12.8 Å². The predicted octanol–water partition coefficient (Wildman–Crippen LogP) is 9.80. The maximum atomic E-state index is 12.6. The molecule has 0 aliphatic rings. The Kier molecular flexibility index (Phi) is 34.1. The van der Waals surface area contributed by atoms with E-state index in [0.717, 1.165) is 57.8 Å². The zero-order valence-electron chi connectivity index (χ0n) is 35.0. The van der Waals surface area contributed by atoms with Gasteiger partial charge in [-0.2, -0.15) is 0 Å². The van der Waals surface area contributed by atoms with Crippen molar-refractivity contribution in [2.75, 3.05) is 47.5 Å². The Labute approximate surface area is 334 Å². The largest absolute Gasteiger partial charge is 0.756 e. The fourth-order valence-corrected chi connectivity index (χ4v) is 5.73. The van der Waals surface area contributed by atoms with Crippen molar-refractivity contribution < 1.29 is 47.2 Å². The first-order valence-electron chi connectivity index (χ1n) is 20.8. The van der Waals surface area contributed by atoms with Gasteiger partial charge in [-0.15, -0.1) is 0 Å². The molecule has 0 aliphatic heterocycles. The van der Waals surface area contributed by atoms with Crippen LogP contribution in [-0.2, 0) is 32.7 Å². The zero-order valence-corrected chi connectivity index (χ0v) is 35.8. The molecule has 0 heterocycles. The Bertz CT molecular complexity index is 1190. The number of ether oxygens (including phenoxy) is 2. The number of allylic oxidation sites excluding steroid dienone is 10. The number of hydrogen-bond donors (Lipinski definition) is 1. The first kappa shape index (κ1) is 52.4. The van der Waals surface area contributed by atoms with Gasteiger partial charge in [0.05, 0.1) is 33.9 Å². The van der Waals surface area contributed by atoms with Crippen LogP contribution in [0.1, 0.15) is 136 Å². The summed E-state index contributed by atoms with van der Waals surface area (Å²) in [7, 11) is 1.06. The van der Waals surface area contributed by atoms with E-state index in [1.54, 1.807) is 6.08 Å². The molecule has 0 rings (SSSR count). The molecule has 3 unspecified atom stereocenters. The third-order valence-electron chi connectivity index (χ3n) is 8.29. The second-order valence-electron chi connectivity index (χ2n) is 14.8. The average molecular weight is 794 g/mol. The van der Waals surface area contributed by atoms with E-state index in [1.807, 2.05) is 51.5 Å². The minimum atomic E-state index is -4.67. The summed E-state index contributed by atoms with van der Waals surface area (Å²) in [4.78, 5) is 37.4.